The molecular formula is C23H20FN3O4S. The van der Waals surface area contributed by atoms with E-state index in [4.69, 9.17) is 0 Å². The van der Waals surface area contributed by atoms with Crippen molar-refractivity contribution in [2.24, 2.45) is 0 Å². The summed E-state index contributed by atoms with van der Waals surface area (Å²) in [6.45, 7) is 1.71. The van der Waals surface area contributed by atoms with Crippen LogP contribution < -0.4 is 15.4 Å². The summed E-state index contributed by atoms with van der Waals surface area (Å²) in [5.74, 6) is -0.981. The molecule has 0 aromatic heterocycles. The monoisotopic (exact) mass is 453 g/mol. The summed E-state index contributed by atoms with van der Waals surface area (Å²) in [4.78, 5) is 24.3. The predicted molar refractivity (Wildman–Crippen MR) is 120 cm³/mol. The quantitative estimate of drug-likeness (QED) is 0.542. The summed E-state index contributed by atoms with van der Waals surface area (Å²) in [5.41, 5.74) is 3.20. The van der Waals surface area contributed by atoms with Crippen LogP contribution in [0.1, 0.15) is 27.9 Å². The smallest absolute Gasteiger partial charge is 0.261 e. The van der Waals surface area contributed by atoms with Crippen LogP contribution >= 0.6 is 0 Å². The van der Waals surface area contributed by atoms with Crippen LogP contribution in [0.3, 0.4) is 0 Å². The number of rotatable bonds is 5. The minimum Gasteiger partial charge on any atom is -0.326 e. The molecule has 0 spiro atoms. The molecule has 0 unspecified atom stereocenters. The van der Waals surface area contributed by atoms with E-state index in [1.807, 2.05) is 0 Å². The highest BCUT2D eigenvalue weighted by Crippen LogP contribution is 2.26. The third-order valence-corrected chi connectivity index (χ3v) is 6.50. The fourth-order valence-corrected chi connectivity index (χ4v) is 4.49. The van der Waals surface area contributed by atoms with Gasteiger partial charge in [-0.1, -0.05) is 6.07 Å². The number of nitrogens with one attached hydrogen (secondary N) is 3. The Balaban J connectivity index is 1.56. The van der Waals surface area contributed by atoms with E-state index in [0.717, 1.165) is 23.4 Å². The largest absolute Gasteiger partial charge is 0.326 e. The van der Waals surface area contributed by atoms with Gasteiger partial charge in [-0.05, 0) is 79.1 Å². The molecule has 3 aromatic carbocycles. The first kappa shape index (κ1) is 21.5. The highest BCUT2D eigenvalue weighted by Gasteiger charge is 2.20. The maximum Gasteiger partial charge on any atom is 0.261 e. The van der Waals surface area contributed by atoms with Crippen LogP contribution in [0.5, 0.6) is 0 Å². The molecule has 4 rings (SSSR count). The average molecular weight is 453 g/mol. The summed E-state index contributed by atoms with van der Waals surface area (Å²) >= 11 is 0. The summed E-state index contributed by atoms with van der Waals surface area (Å²) in [6.07, 6.45) is 0.956. The van der Waals surface area contributed by atoms with Crippen molar-refractivity contribution >= 4 is 38.9 Å². The number of sulfonamides is 1. The van der Waals surface area contributed by atoms with E-state index in [1.54, 1.807) is 31.2 Å². The number of fused-ring (bicyclic) bond motifs is 1. The second-order valence-corrected chi connectivity index (χ2v) is 9.15. The maximum absolute atomic E-state index is 13.1. The SMILES string of the molecule is Cc1ccc(S(=O)(=O)Nc2ccc(F)cc2)cc1C(=O)Nc1ccc2c(c1)CCC(=O)N2. The Morgan fingerprint density at radius 2 is 1.69 bits per heavy atom. The zero-order valence-corrected chi connectivity index (χ0v) is 17.9. The number of carbonyl (C=O) groups excluding carboxylic acids is 2. The summed E-state index contributed by atoms with van der Waals surface area (Å²) in [7, 11) is -3.98. The van der Waals surface area contributed by atoms with Crippen molar-refractivity contribution in [1.82, 2.24) is 0 Å². The van der Waals surface area contributed by atoms with Gasteiger partial charge in [0.2, 0.25) is 5.91 Å². The fraction of sp³-hybridized carbons (Fsp3) is 0.130. The Morgan fingerprint density at radius 1 is 0.969 bits per heavy atom. The van der Waals surface area contributed by atoms with Crippen LogP contribution in [0.25, 0.3) is 0 Å². The Bertz CT molecular complexity index is 1320. The molecule has 32 heavy (non-hydrogen) atoms. The minimum atomic E-state index is -3.98. The predicted octanol–water partition coefficient (Wildman–Crippen LogP) is 4.07. The van der Waals surface area contributed by atoms with Gasteiger partial charge in [0.1, 0.15) is 5.82 Å². The molecule has 0 atom stereocenters. The van der Waals surface area contributed by atoms with Gasteiger partial charge < -0.3 is 10.6 Å². The molecule has 3 aromatic rings. The molecule has 1 aliphatic heterocycles. The van der Waals surface area contributed by atoms with Crippen LogP contribution in [-0.2, 0) is 21.2 Å². The molecule has 0 bridgehead atoms. The highest BCUT2D eigenvalue weighted by atomic mass is 32.2. The molecule has 0 saturated heterocycles. The summed E-state index contributed by atoms with van der Waals surface area (Å²) in [5, 5.41) is 5.57. The number of amides is 2. The number of aryl methyl sites for hydroxylation is 2. The van der Waals surface area contributed by atoms with Gasteiger partial charge in [0.05, 0.1) is 4.90 Å². The van der Waals surface area contributed by atoms with E-state index in [0.29, 0.717) is 24.1 Å². The van der Waals surface area contributed by atoms with Crippen molar-refractivity contribution in [2.45, 2.75) is 24.7 Å². The van der Waals surface area contributed by atoms with Crippen LogP contribution in [-0.4, -0.2) is 20.2 Å². The number of carbonyl (C=O) groups is 2. The van der Waals surface area contributed by atoms with Crippen molar-refractivity contribution in [2.75, 3.05) is 15.4 Å². The molecule has 0 fully saturated rings. The van der Waals surface area contributed by atoms with Crippen LogP contribution in [0.4, 0.5) is 21.5 Å². The molecule has 164 valence electrons. The third-order valence-electron chi connectivity index (χ3n) is 5.12. The Morgan fingerprint density at radius 3 is 2.44 bits per heavy atom. The number of halogens is 1. The summed E-state index contributed by atoms with van der Waals surface area (Å²) < 4.78 is 40.9. The lowest BCUT2D eigenvalue weighted by Gasteiger charge is -2.18. The molecule has 2 amide bonds. The highest BCUT2D eigenvalue weighted by molar-refractivity contribution is 7.92. The van der Waals surface area contributed by atoms with Gasteiger partial charge in [-0.3, -0.25) is 14.3 Å². The first-order chi connectivity index (χ1) is 15.2. The lowest BCUT2D eigenvalue weighted by Crippen LogP contribution is -2.20. The topological polar surface area (TPSA) is 104 Å². The lowest BCUT2D eigenvalue weighted by atomic mass is 10.0. The van der Waals surface area contributed by atoms with Crippen molar-refractivity contribution in [3.8, 4) is 0 Å². The Kier molecular flexibility index (Phi) is 5.67. The molecule has 0 radical (unpaired) electrons. The molecule has 9 heteroatoms. The standard InChI is InChI=1S/C23H20FN3O4S/c1-14-2-9-19(32(30,31)27-17-6-4-16(24)5-7-17)13-20(14)23(29)25-18-8-10-21-15(12-18)3-11-22(28)26-21/h2,4-10,12-13,27H,3,11H2,1H3,(H,25,29)(H,26,28). The van der Waals surface area contributed by atoms with Gasteiger partial charge in [0.25, 0.3) is 15.9 Å². The summed E-state index contributed by atoms with van der Waals surface area (Å²) in [6, 6.07) is 14.4. The number of anilines is 3. The molecule has 1 aliphatic rings. The van der Waals surface area contributed by atoms with Crippen LogP contribution in [0, 0.1) is 12.7 Å². The first-order valence-electron chi connectivity index (χ1n) is 9.84. The second kappa shape index (κ2) is 8.43. The number of hydrogen-bond acceptors (Lipinski definition) is 4. The lowest BCUT2D eigenvalue weighted by molar-refractivity contribution is -0.116. The minimum absolute atomic E-state index is 0.0443. The van der Waals surface area contributed by atoms with E-state index in [9.17, 15) is 22.4 Å². The Hall–Kier alpha value is -3.72. The number of benzene rings is 3. The molecule has 7 nitrogen and oxygen atoms in total. The molecule has 0 aliphatic carbocycles. The van der Waals surface area contributed by atoms with Gasteiger partial charge in [-0.2, -0.15) is 0 Å². The first-order valence-corrected chi connectivity index (χ1v) is 11.3. The van der Waals surface area contributed by atoms with Crippen LogP contribution in [0.15, 0.2) is 65.6 Å². The van der Waals surface area contributed by atoms with Crippen LogP contribution in [0.2, 0.25) is 0 Å². The van der Waals surface area contributed by atoms with E-state index >= 15 is 0 Å². The second-order valence-electron chi connectivity index (χ2n) is 7.46. The van der Waals surface area contributed by atoms with Crippen molar-refractivity contribution in [3.63, 3.8) is 0 Å². The molecule has 3 N–H and O–H groups in total. The van der Waals surface area contributed by atoms with Crippen molar-refractivity contribution in [3.05, 3.63) is 83.2 Å². The normalized spacial score (nSPS) is 13.1. The van der Waals surface area contributed by atoms with Gasteiger partial charge in [0, 0.05) is 29.0 Å². The Labute approximate surface area is 184 Å². The van der Waals surface area contributed by atoms with Crippen molar-refractivity contribution < 1.29 is 22.4 Å². The van der Waals surface area contributed by atoms with Gasteiger partial charge in [0.15, 0.2) is 0 Å². The van der Waals surface area contributed by atoms with Crippen molar-refractivity contribution in [1.29, 1.82) is 0 Å². The van der Waals surface area contributed by atoms with Gasteiger partial charge >= 0.3 is 0 Å². The van der Waals surface area contributed by atoms with E-state index in [2.05, 4.69) is 15.4 Å². The third kappa shape index (κ3) is 4.62. The maximum atomic E-state index is 13.1. The van der Waals surface area contributed by atoms with E-state index in [1.165, 1.54) is 24.3 Å². The average Bonchev–Trinajstić information content (AvgIpc) is 2.75. The zero-order valence-electron chi connectivity index (χ0n) is 17.1. The van der Waals surface area contributed by atoms with Gasteiger partial charge in [-0.25, -0.2) is 12.8 Å². The van der Waals surface area contributed by atoms with Gasteiger partial charge in [-0.15, -0.1) is 0 Å². The molecule has 1 heterocycles. The number of hydrogen-bond donors (Lipinski definition) is 3. The molecular weight excluding hydrogens is 433 g/mol. The molecule has 0 saturated carbocycles. The van der Waals surface area contributed by atoms with E-state index in [-0.39, 0.29) is 22.1 Å². The zero-order chi connectivity index (χ0) is 22.9. The fourth-order valence-electron chi connectivity index (χ4n) is 3.40. The van der Waals surface area contributed by atoms with E-state index < -0.39 is 21.7 Å².